The first-order valence-electron chi connectivity index (χ1n) is 8.59. The van der Waals surface area contributed by atoms with Crippen LogP contribution >= 0.6 is 0 Å². The number of amides is 1. The summed E-state index contributed by atoms with van der Waals surface area (Å²) >= 11 is 0. The lowest BCUT2D eigenvalue weighted by atomic mass is 10.2. The van der Waals surface area contributed by atoms with E-state index in [0.717, 1.165) is 5.56 Å². The van der Waals surface area contributed by atoms with Gasteiger partial charge in [-0.15, -0.1) is 0 Å². The number of carbonyl (C=O) groups is 1. The number of anilines is 2. The lowest BCUT2D eigenvalue weighted by molar-refractivity contribution is 0.0822. The number of ether oxygens (including phenoxy) is 1. The van der Waals surface area contributed by atoms with E-state index in [2.05, 4.69) is 21.4 Å². The third-order valence-corrected chi connectivity index (χ3v) is 3.88. The van der Waals surface area contributed by atoms with Gasteiger partial charge in [0, 0.05) is 32.0 Å². The molecule has 0 unspecified atom stereocenters. The quantitative estimate of drug-likeness (QED) is 0.712. The maximum Gasteiger partial charge on any atom is 0.272 e. The van der Waals surface area contributed by atoms with Gasteiger partial charge in [-0.1, -0.05) is 30.3 Å². The number of nitrogens with one attached hydrogen (secondary N) is 1. The number of hydrogen-bond acceptors (Lipinski definition) is 6. The molecular weight excluding hydrogens is 354 g/mol. The van der Waals surface area contributed by atoms with Gasteiger partial charge in [-0.2, -0.15) is 5.26 Å². The molecule has 7 heteroatoms. The Bertz CT molecular complexity index is 1010. The molecule has 3 aromatic rings. The zero-order valence-electron chi connectivity index (χ0n) is 15.6. The van der Waals surface area contributed by atoms with Gasteiger partial charge in [0.15, 0.2) is 0 Å². The average molecular weight is 373 g/mol. The molecule has 0 spiro atoms. The number of aromatic nitrogens is 2. The van der Waals surface area contributed by atoms with Crippen LogP contribution in [0.1, 0.15) is 21.6 Å². The van der Waals surface area contributed by atoms with Crippen molar-refractivity contribution in [2.24, 2.45) is 0 Å². The topological polar surface area (TPSA) is 91.1 Å². The summed E-state index contributed by atoms with van der Waals surface area (Å²) in [5.74, 6) is 0.528. The molecule has 0 radical (unpaired) electrons. The number of hydrogen-bond donors (Lipinski definition) is 1. The molecule has 0 saturated heterocycles. The van der Waals surface area contributed by atoms with Crippen LogP contribution in [0.3, 0.4) is 0 Å². The third-order valence-electron chi connectivity index (χ3n) is 3.88. The van der Waals surface area contributed by atoms with Crippen LogP contribution in [0.4, 0.5) is 11.6 Å². The Morgan fingerprint density at radius 1 is 1.18 bits per heavy atom. The third kappa shape index (κ3) is 4.62. The number of benzene rings is 2. The highest BCUT2D eigenvalue weighted by molar-refractivity contribution is 5.92. The van der Waals surface area contributed by atoms with Gasteiger partial charge in [0.2, 0.25) is 5.95 Å². The van der Waals surface area contributed by atoms with E-state index in [1.807, 2.05) is 30.3 Å². The summed E-state index contributed by atoms with van der Waals surface area (Å²) in [5, 5.41) is 12.4. The Balaban J connectivity index is 1.79. The Morgan fingerprint density at radius 3 is 2.68 bits per heavy atom. The summed E-state index contributed by atoms with van der Waals surface area (Å²) in [6.45, 7) is 0.349. The molecule has 3 rings (SSSR count). The maximum atomic E-state index is 12.1. The minimum absolute atomic E-state index is 0.211. The molecule has 0 saturated carbocycles. The van der Waals surface area contributed by atoms with Gasteiger partial charge < -0.3 is 15.0 Å². The van der Waals surface area contributed by atoms with Gasteiger partial charge in [-0.05, 0) is 23.8 Å². The Hall–Kier alpha value is -3.92. The van der Waals surface area contributed by atoms with Gasteiger partial charge in [-0.3, -0.25) is 4.79 Å². The number of carbonyl (C=O) groups excluding carboxylic acids is 1. The van der Waals surface area contributed by atoms with Crippen molar-refractivity contribution in [3.8, 4) is 11.8 Å². The zero-order valence-corrected chi connectivity index (χ0v) is 15.6. The van der Waals surface area contributed by atoms with Crippen molar-refractivity contribution in [3.05, 3.63) is 77.6 Å². The van der Waals surface area contributed by atoms with E-state index in [-0.39, 0.29) is 17.5 Å². The molecule has 0 fully saturated rings. The van der Waals surface area contributed by atoms with Crippen LogP contribution in [0.5, 0.6) is 5.75 Å². The van der Waals surface area contributed by atoms with Crippen LogP contribution < -0.4 is 10.1 Å². The van der Waals surface area contributed by atoms with Crippen LogP contribution in [-0.2, 0) is 6.61 Å². The summed E-state index contributed by atoms with van der Waals surface area (Å²) in [6, 6.07) is 18.5. The highest BCUT2D eigenvalue weighted by atomic mass is 16.5. The number of nitrogens with zero attached hydrogens (tertiary/aromatic N) is 4. The SMILES string of the molecule is CN(C)C(=O)c1ccnc(Nc2ccc(C#N)c(OCc3ccccc3)c2)n1. The molecule has 1 aromatic heterocycles. The van der Waals surface area contributed by atoms with Gasteiger partial charge in [0.05, 0.1) is 5.56 Å². The number of rotatable bonds is 6. The summed E-state index contributed by atoms with van der Waals surface area (Å²) < 4.78 is 5.82. The first kappa shape index (κ1) is 18.9. The van der Waals surface area contributed by atoms with Crippen LogP contribution in [-0.4, -0.2) is 34.9 Å². The van der Waals surface area contributed by atoms with E-state index in [9.17, 15) is 10.1 Å². The average Bonchev–Trinajstić information content (AvgIpc) is 2.72. The second-order valence-electron chi connectivity index (χ2n) is 6.19. The molecular formula is C21H19N5O2. The molecule has 28 heavy (non-hydrogen) atoms. The second-order valence-corrected chi connectivity index (χ2v) is 6.19. The van der Waals surface area contributed by atoms with Crippen molar-refractivity contribution in [3.63, 3.8) is 0 Å². The Kier molecular flexibility index (Phi) is 5.82. The smallest absolute Gasteiger partial charge is 0.272 e. The molecule has 1 amide bonds. The van der Waals surface area contributed by atoms with Gasteiger partial charge in [-0.25, -0.2) is 9.97 Å². The van der Waals surface area contributed by atoms with E-state index in [1.54, 1.807) is 38.4 Å². The molecule has 0 aliphatic carbocycles. The van der Waals surface area contributed by atoms with Crippen molar-refractivity contribution in [2.45, 2.75) is 6.61 Å². The largest absolute Gasteiger partial charge is 0.487 e. The van der Waals surface area contributed by atoms with Crippen molar-refractivity contribution in [1.82, 2.24) is 14.9 Å². The summed E-state index contributed by atoms with van der Waals surface area (Å²) in [6.07, 6.45) is 1.52. The van der Waals surface area contributed by atoms with Crippen molar-refractivity contribution in [2.75, 3.05) is 19.4 Å². The normalized spacial score (nSPS) is 10.0. The molecule has 0 aliphatic rings. The zero-order chi connectivity index (χ0) is 19.9. The van der Waals surface area contributed by atoms with Crippen molar-refractivity contribution < 1.29 is 9.53 Å². The van der Waals surface area contributed by atoms with E-state index >= 15 is 0 Å². The van der Waals surface area contributed by atoms with Gasteiger partial charge in [0.25, 0.3) is 5.91 Å². The minimum atomic E-state index is -0.211. The molecule has 0 bridgehead atoms. The molecule has 0 aliphatic heterocycles. The van der Waals surface area contributed by atoms with Crippen molar-refractivity contribution >= 4 is 17.5 Å². The fourth-order valence-corrected chi connectivity index (χ4v) is 2.44. The molecule has 0 atom stereocenters. The predicted molar refractivity (Wildman–Crippen MR) is 105 cm³/mol. The fraction of sp³-hybridized carbons (Fsp3) is 0.143. The van der Waals surface area contributed by atoms with E-state index in [0.29, 0.717) is 23.6 Å². The minimum Gasteiger partial charge on any atom is -0.487 e. The first-order chi connectivity index (χ1) is 13.6. The van der Waals surface area contributed by atoms with Crippen LogP contribution in [0.15, 0.2) is 60.8 Å². The maximum absolute atomic E-state index is 12.1. The second kappa shape index (κ2) is 8.64. The van der Waals surface area contributed by atoms with Gasteiger partial charge in [0.1, 0.15) is 24.1 Å². The highest BCUT2D eigenvalue weighted by Crippen LogP contribution is 2.25. The lowest BCUT2D eigenvalue weighted by Gasteiger charge is -2.12. The van der Waals surface area contributed by atoms with E-state index in [1.165, 1.54) is 11.1 Å². The van der Waals surface area contributed by atoms with Crippen molar-refractivity contribution in [1.29, 1.82) is 5.26 Å². The molecule has 1 heterocycles. The summed E-state index contributed by atoms with van der Waals surface area (Å²) in [4.78, 5) is 21.9. The highest BCUT2D eigenvalue weighted by Gasteiger charge is 2.12. The monoisotopic (exact) mass is 373 g/mol. The summed E-state index contributed by atoms with van der Waals surface area (Å²) in [7, 11) is 3.32. The lowest BCUT2D eigenvalue weighted by Crippen LogP contribution is -2.23. The van der Waals surface area contributed by atoms with Crippen LogP contribution in [0.2, 0.25) is 0 Å². The standard InChI is InChI=1S/C21H19N5O2/c1-26(2)20(27)18-10-11-23-21(25-18)24-17-9-8-16(13-22)19(12-17)28-14-15-6-4-3-5-7-15/h3-12H,14H2,1-2H3,(H,23,24,25). The first-order valence-corrected chi connectivity index (χ1v) is 8.59. The molecule has 2 aromatic carbocycles. The van der Waals surface area contributed by atoms with Crippen LogP contribution in [0.25, 0.3) is 0 Å². The Morgan fingerprint density at radius 2 is 1.96 bits per heavy atom. The van der Waals surface area contributed by atoms with Gasteiger partial charge >= 0.3 is 0 Å². The van der Waals surface area contributed by atoms with E-state index < -0.39 is 0 Å². The molecule has 1 N–H and O–H groups in total. The molecule has 140 valence electrons. The van der Waals surface area contributed by atoms with E-state index in [4.69, 9.17) is 4.74 Å². The fourth-order valence-electron chi connectivity index (χ4n) is 2.44. The summed E-state index contributed by atoms with van der Waals surface area (Å²) in [5.41, 5.74) is 2.37. The molecule has 7 nitrogen and oxygen atoms in total. The predicted octanol–water partition coefficient (Wildman–Crippen LogP) is 3.37. The number of nitriles is 1. The van der Waals surface area contributed by atoms with Crippen LogP contribution in [0, 0.1) is 11.3 Å². The Labute approximate surface area is 163 Å².